The highest BCUT2D eigenvalue weighted by Gasteiger charge is 2.11. The maximum absolute atomic E-state index is 13.4. The van der Waals surface area contributed by atoms with Crippen molar-refractivity contribution in [2.75, 3.05) is 18.9 Å². The SMILES string of the molecule is Cc1ccsc1CN(C)CC(=O)Nc1ccc(F)cc1F. The number of amides is 1. The lowest BCUT2D eigenvalue weighted by atomic mass is 10.2. The van der Waals surface area contributed by atoms with Gasteiger partial charge in [-0.05, 0) is 43.1 Å². The van der Waals surface area contributed by atoms with Gasteiger partial charge in [-0.15, -0.1) is 11.3 Å². The normalized spacial score (nSPS) is 10.9. The largest absolute Gasteiger partial charge is 0.322 e. The fourth-order valence-corrected chi connectivity index (χ4v) is 2.88. The molecule has 0 aliphatic heterocycles. The second-order valence-corrected chi connectivity index (χ2v) is 5.87. The van der Waals surface area contributed by atoms with E-state index in [9.17, 15) is 13.6 Å². The monoisotopic (exact) mass is 310 g/mol. The number of rotatable bonds is 5. The van der Waals surface area contributed by atoms with Crippen molar-refractivity contribution in [2.24, 2.45) is 0 Å². The summed E-state index contributed by atoms with van der Waals surface area (Å²) in [6, 6.07) is 5.10. The van der Waals surface area contributed by atoms with Crippen LogP contribution < -0.4 is 5.32 Å². The van der Waals surface area contributed by atoms with Crippen molar-refractivity contribution >= 4 is 22.9 Å². The van der Waals surface area contributed by atoms with Crippen LogP contribution in [-0.4, -0.2) is 24.4 Å². The first-order chi connectivity index (χ1) is 9.95. The minimum Gasteiger partial charge on any atom is -0.322 e. The van der Waals surface area contributed by atoms with Crippen molar-refractivity contribution in [1.29, 1.82) is 0 Å². The predicted molar refractivity (Wildman–Crippen MR) is 80.4 cm³/mol. The molecular formula is C15H16F2N2OS. The Bertz CT molecular complexity index is 642. The van der Waals surface area contributed by atoms with E-state index in [1.54, 1.807) is 11.3 Å². The summed E-state index contributed by atoms with van der Waals surface area (Å²) in [4.78, 5) is 14.9. The molecule has 1 aromatic heterocycles. The van der Waals surface area contributed by atoms with Crippen molar-refractivity contribution in [1.82, 2.24) is 4.90 Å². The molecule has 3 nitrogen and oxygen atoms in total. The minimum atomic E-state index is -0.778. The maximum Gasteiger partial charge on any atom is 0.238 e. The summed E-state index contributed by atoms with van der Waals surface area (Å²) in [5, 5.41) is 4.45. The van der Waals surface area contributed by atoms with E-state index in [2.05, 4.69) is 5.32 Å². The predicted octanol–water partition coefficient (Wildman–Crippen LogP) is 3.41. The third kappa shape index (κ3) is 4.34. The van der Waals surface area contributed by atoms with Gasteiger partial charge in [0.25, 0.3) is 0 Å². The van der Waals surface area contributed by atoms with Crippen LogP contribution >= 0.6 is 11.3 Å². The number of hydrogen-bond acceptors (Lipinski definition) is 3. The van der Waals surface area contributed by atoms with E-state index < -0.39 is 11.6 Å². The van der Waals surface area contributed by atoms with Gasteiger partial charge in [0.1, 0.15) is 11.6 Å². The summed E-state index contributed by atoms with van der Waals surface area (Å²) < 4.78 is 26.2. The highest BCUT2D eigenvalue weighted by Crippen LogP contribution is 2.18. The lowest BCUT2D eigenvalue weighted by Crippen LogP contribution is -2.30. The Morgan fingerprint density at radius 3 is 2.71 bits per heavy atom. The molecule has 1 amide bonds. The zero-order chi connectivity index (χ0) is 15.4. The lowest BCUT2D eigenvalue weighted by molar-refractivity contribution is -0.117. The molecular weight excluding hydrogens is 294 g/mol. The van der Waals surface area contributed by atoms with Crippen LogP contribution in [0.25, 0.3) is 0 Å². The smallest absolute Gasteiger partial charge is 0.238 e. The van der Waals surface area contributed by atoms with E-state index in [0.29, 0.717) is 6.54 Å². The molecule has 0 bridgehead atoms. The van der Waals surface area contributed by atoms with Crippen LogP contribution in [0.1, 0.15) is 10.4 Å². The number of carbonyl (C=O) groups excluding carboxylic acids is 1. The number of nitrogens with one attached hydrogen (secondary N) is 1. The van der Waals surface area contributed by atoms with Crippen molar-refractivity contribution in [3.63, 3.8) is 0 Å². The van der Waals surface area contributed by atoms with Crippen LogP contribution in [0.2, 0.25) is 0 Å². The Morgan fingerprint density at radius 2 is 2.10 bits per heavy atom. The second-order valence-electron chi connectivity index (χ2n) is 4.87. The molecule has 1 N–H and O–H groups in total. The second kappa shape index (κ2) is 6.78. The molecule has 0 spiro atoms. The standard InChI is InChI=1S/C15H16F2N2OS/c1-10-5-6-21-14(10)8-19(2)9-15(20)18-13-4-3-11(16)7-12(13)17/h3-7H,8-9H2,1-2H3,(H,18,20). The van der Waals surface area contributed by atoms with Crippen molar-refractivity contribution in [3.05, 3.63) is 51.7 Å². The average molecular weight is 310 g/mol. The summed E-state index contributed by atoms with van der Waals surface area (Å²) >= 11 is 1.64. The molecule has 0 saturated carbocycles. The highest BCUT2D eigenvalue weighted by molar-refractivity contribution is 7.10. The molecule has 0 fully saturated rings. The van der Waals surface area contributed by atoms with Gasteiger partial charge in [0.05, 0.1) is 12.2 Å². The summed E-state index contributed by atoms with van der Waals surface area (Å²) in [5.41, 5.74) is 1.18. The molecule has 0 unspecified atom stereocenters. The molecule has 21 heavy (non-hydrogen) atoms. The van der Waals surface area contributed by atoms with E-state index in [1.807, 2.05) is 30.3 Å². The van der Waals surface area contributed by atoms with Gasteiger partial charge >= 0.3 is 0 Å². The number of likely N-dealkylation sites (N-methyl/N-ethyl adjacent to an activating group) is 1. The number of benzene rings is 1. The number of thiophene rings is 1. The fourth-order valence-electron chi connectivity index (χ4n) is 1.89. The number of carbonyl (C=O) groups is 1. The van der Waals surface area contributed by atoms with Crippen molar-refractivity contribution in [2.45, 2.75) is 13.5 Å². The van der Waals surface area contributed by atoms with E-state index >= 15 is 0 Å². The number of halogens is 2. The number of aryl methyl sites for hydroxylation is 1. The molecule has 0 saturated heterocycles. The first-order valence-corrected chi connectivity index (χ1v) is 7.30. The first kappa shape index (κ1) is 15.6. The van der Waals surface area contributed by atoms with Crippen LogP contribution in [0.5, 0.6) is 0 Å². The topological polar surface area (TPSA) is 32.3 Å². The molecule has 112 valence electrons. The minimum absolute atomic E-state index is 0.0119. The molecule has 1 aromatic carbocycles. The van der Waals surface area contributed by atoms with Gasteiger partial charge in [-0.3, -0.25) is 9.69 Å². The Hall–Kier alpha value is -1.79. The molecule has 0 atom stereocenters. The molecule has 2 aromatic rings. The highest BCUT2D eigenvalue weighted by atomic mass is 32.1. The van der Waals surface area contributed by atoms with Gasteiger partial charge in [-0.1, -0.05) is 0 Å². The van der Waals surface area contributed by atoms with Crippen LogP contribution in [-0.2, 0) is 11.3 Å². The molecule has 0 aliphatic rings. The lowest BCUT2D eigenvalue weighted by Gasteiger charge is -2.16. The Morgan fingerprint density at radius 1 is 1.33 bits per heavy atom. The molecule has 1 heterocycles. The van der Waals surface area contributed by atoms with Crippen LogP contribution in [0.3, 0.4) is 0 Å². The maximum atomic E-state index is 13.4. The van der Waals surface area contributed by atoms with E-state index in [0.717, 1.165) is 12.1 Å². The quantitative estimate of drug-likeness (QED) is 0.918. The summed E-state index contributed by atoms with van der Waals surface area (Å²) in [6.45, 7) is 2.81. The third-order valence-corrected chi connectivity index (χ3v) is 4.01. The van der Waals surface area contributed by atoms with E-state index in [4.69, 9.17) is 0 Å². The van der Waals surface area contributed by atoms with Crippen LogP contribution in [0, 0.1) is 18.6 Å². The molecule has 0 aliphatic carbocycles. The van der Waals surface area contributed by atoms with E-state index in [1.165, 1.54) is 16.5 Å². The number of nitrogens with zero attached hydrogens (tertiary/aromatic N) is 1. The summed E-state index contributed by atoms with van der Waals surface area (Å²) in [6.07, 6.45) is 0. The number of hydrogen-bond donors (Lipinski definition) is 1. The molecule has 2 rings (SSSR count). The van der Waals surface area contributed by atoms with Gasteiger partial charge in [0, 0.05) is 17.5 Å². The Labute approximate surface area is 126 Å². The van der Waals surface area contributed by atoms with Gasteiger partial charge in [-0.25, -0.2) is 8.78 Å². The van der Waals surface area contributed by atoms with Gasteiger partial charge in [0.2, 0.25) is 5.91 Å². The Kier molecular flexibility index (Phi) is 5.03. The number of anilines is 1. The zero-order valence-corrected chi connectivity index (χ0v) is 12.6. The van der Waals surface area contributed by atoms with Gasteiger partial charge < -0.3 is 5.32 Å². The summed E-state index contributed by atoms with van der Waals surface area (Å²) in [7, 11) is 1.82. The zero-order valence-electron chi connectivity index (χ0n) is 11.8. The molecule has 0 radical (unpaired) electrons. The van der Waals surface area contributed by atoms with Crippen molar-refractivity contribution < 1.29 is 13.6 Å². The summed E-state index contributed by atoms with van der Waals surface area (Å²) in [5.74, 6) is -1.78. The van der Waals surface area contributed by atoms with Crippen molar-refractivity contribution in [3.8, 4) is 0 Å². The van der Waals surface area contributed by atoms with E-state index in [-0.39, 0.29) is 18.1 Å². The van der Waals surface area contributed by atoms with Gasteiger partial charge in [-0.2, -0.15) is 0 Å². The Balaban J connectivity index is 1.90. The van der Waals surface area contributed by atoms with Crippen LogP contribution in [0.4, 0.5) is 14.5 Å². The fraction of sp³-hybridized carbons (Fsp3) is 0.267. The van der Waals surface area contributed by atoms with Gasteiger partial charge in [0.15, 0.2) is 0 Å². The third-order valence-electron chi connectivity index (χ3n) is 3.00. The first-order valence-electron chi connectivity index (χ1n) is 6.42. The van der Waals surface area contributed by atoms with Crippen LogP contribution in [0.15, 0.2) is 29.6 Å². The average Bonchev–Trinajstić information content (AvgIpc) is 2.78. The molecule has 6 heteroatoms.